The van der Waals surface area contributed by atoms with Crippen LogP contribution in [-0.4, -0.2) is 17.3 Å². The summed E-state index contributed by atoms with van der Waals surface area (Å²) >= 11 is 0. The van der Waals surface area contributed by atoms with Gasteiger partial charge in [-0.05, 0) is 89.3 Å². The Bertz CT molecular complexity index is 1250. The van der Waals surface area contributed by atoms with Crippen molar-refractivity contribution in [1.29, 1.82) is 0 Å². The number of aryl methyl sites for hydroxylation is 1. The highest BCUT2D eigenvalue weighted by atomic mass is 16.2. The van der Waals surface area contributed by atoms with Gasteiger partial charge in [0.25, 0.3) is 0 Å². The SMILES string of the molecule is CCC(C)=Cc1ccc(C)c2c1CC1(C)CC3(C)CC(C)=C(C(C)=O)C(=O)C3(C)C(C)=C1C2=O. The van der Waals surface area contributed by atoms with Crippen LogP contribution in [0.25, 0.3) is 6.08 Å². The molecule has 180 valence electrons. The topological polar surface area (TPSA) is 51.2 Å². The minimum absolute atomic E-state index is 0.0647. The van der Waals surface area contributed by atoms with Gasteiger partial charge < -0.3 is 0 Å². The standard InChI is InChI=1S/C31H38O3/c1-10-17(2)13-22-12-11-18(3)25-23(22)15-29(7)16-30(8)14-19(4)24(21(6)32)28(34)31(30,9)20(5)26(29)27(25)33/h11-13H,10,14-16H2,1-9H3. The van der Waals surface area contributed by atoms with E-state index in [1.165, 1.54) is 12.5 Å². The predicted octanol–water partition coefficient (Wildman–Crippen LogP) is 7.16. The molecule has 3 aliphatic rings. The van der Waals surface area contributed by atoms with Crippen molar-refractivity contribution in [2.75, 3.05) is 0 Å². The Balaban J connectivity index is 2.01. The third-order valence-corrected chi connectivity index (χ3v) is 9.37. The largest absolute Gasteiger partial charge is 0.294 e. The fraction of sp³-hybridized carbons (Fsp3) is 0.516. The second-order valence-corrected chi connectivity index (χ2v) is 11.8. The number of Topliss-reactive ketones (excluding diaryl/α,β-unsaturated/α-hetero) is 3. The normalized spacial score (nSPS) is 31.4. The summed E-state index contributed by atoms with van der Waals surface area (Å²) in [6.07, 6.45) is 5.42. The number of carbonyl (C=O) groups is 3. The van der Waals surface area contributed by atoms with Crippen LogP contribution in [0.4, 0.5) is 0 Å². The maximum atomic E-state index is 14.2. The Labute approximate surface area is 204 Å². The van der Waals surface area contributed by atoms with Gasteiger partial charge >= 0.3 is 0 Å². The van der Waals surface area contributed by atoms with E-state index in [4.69, 9.17) is 0 Å². The van der Waals surface area contributed by atoms with E-state index in [9.17, 15) is 14.4 Å². The highest BCUT2D eigenvalue weighted by Gasteiger charge is 2.63. The van der Waals surface area contributed by atoms with Gasteiger partial charge in [0.1, 0.15) is 0 Å². The molecule has 0 fully saturated rings. The summed E-state index contributed by atoms with van der Waals surface area (Å²) in [7, 11) is 0. The van der Waals surface area contributed by atoms with Gasteiger partial charge in [-0.2, -0.15) is 0 Å². The van der Waals surface area contributed by atoms with E-state index < -0.39 is 5.41 Å². The molecule has 0 spiro atoms. The summed E-state index contributed by atoms with van der Waals surface area (Å²) in [5.41, 5.74) is 6.68. The van der Waals surface area contributed by atoms with Gasteiger partial charge in [0.05, 0.1) is 11.0 Å². The summed E-state index contributed by atoms with van der Waals surface area (Å²) in [6.45, 7) is 18.1. The van der Waals surface area contributed by atoms with Crippen LogP contribution >= 0.6 is 0 Å². The molecule has 0 saturated heterocycles. The Morgan fingerprint density at radius 3 is 2.26 bits per heavy atom. The second-order valence-electron chi connectivity index (χ2n) is 11.8. The number of benzene rings is 1. The minimum Gasteiger partial charge on any atom is -0.294 e. The van der Waals surface area contributed by atoms with Crippen LogP contribution < -0.4 is 0 Å². The second kappa shape index (κ2) is 7.73. The van der Waals surface area contributed by atoms with Crippen LogP contribution in [0.2, 0.25) is 0 Å². The third-order valence-electron chi connectivity index (χ3n) is 9.37. The van der Waals surface area contributed by atoms with Crippen LogP contribution in [0.1, 0.15) is 102 Å². The summed E-state index contributed by atoms with van der Waals surface area (Å²) in [4.78, 5) is 40.6. The van der Waals surface area contributed by atoms with E-state index in [0.29, 0.717) is 12.0 Å². The molecule has 3 aliphatic carbocycles. The van der Waals surface area contributed by atoms with Gasteiger partial charge in [-0.25, -0.2) is 0 Å². The van der Waals surface area contributed by atoms with Crippen molar-refractivity contribution in [3.05, 3.63) is 62.3 Å². The molecular formula is C31H38O3. The number of allylic oxidation sites excluding steroid dienone is 5. The molecule has 0 amide bonds. The van der Waals surface area contributed by atoms with Crippen molar-refractivity contribution in [3.63, 3.8) is 0 Å². The molecule has 0 radical (unpaired) electrons. The lowest BCUT2D eigenvalue weighted by molar-refractivity contribution is -0.134. The molecule has 3 heteroatoms. The average Bonchev–Trinajstić information content (AvgIpc) is 2.72. The first-order valence-electron chi connectivity index (χ1n) is 12.5. The molecule has 4 rings (SSSR count). The van der Waals surface area contributed by atoms with E-state index in [1.54, 1.807) is 0 Å². The molecule has 1 aromatic carbocycles. The van der Waals surface area contributed by atoms with Gasteiger partial charge in [-0.3, -0.25) is 14.4 Å². The fourth-order valence-corrected chi connectivity index (χ4v) is 7.44. The van der Waals surface area contributed by atoms with Gasteiger partial charge in [0, 0.05) is 16.6 Å². The molecule has 3 nitrogen and oxygen atoms in total. The van der Waals surface area contributed by atoms with Crippen molar-refractivity contribution in [2.45, 2.75) is 88.0 Å². The molecule has 1 aromatic rings. The minimum atomic E-state index is -0.861. The third kappa shape index (κ3) is 3.12. The lowest BCUT2D eigenvalue weighted by Crippen LogP contribution is -2.57. The molecular weight excluding hydrogens is 420 g/mol. The molecule has 0 heterocycles. The zero-order valence-corrected chi connectivity index (χ0v) is 22.3. The Morgan fingerprint density at radius 2 is 1.68 bits per heavy atom. The first-order valence-corrected chi connectivity index (χ1v) is 12.5. The molecule has 3 atom stereocenters. The maximum absolute atomic E-state index is 14.2. The van der Waals surface area contributed by atoms with Gasteiger partial charge in [0.15, 0.2) is 17.3 Å². The van der Waals surface area contributed by atoms with Crippen molar-refractivity contribution < 1.29 is 14.4 Å². The molecule has 34 heavy (non-hydrogen) atoms. The molecule has 0 N–H and O–H groups in total. The Morgan fingerprint density at radius 1 is 1.03 bits per heavy atom. The Kier molecular flexibility index (Phi) is 5.59. The van der Waals surface area contributed by atoms with Gasteiger partial charge in [-0.15, -0.1) is 0 Å². The zero-order valence-electron chi connectivity index (χ0n) is 22.3. The highest BCUT2D eigenvalue weighted by Crippen LogP contribution is 2.66. The smallest absolute Gasteiger partial charge is 0.190 e. The molecule has 0 bridgehead atoms. The van der Waals surface area contributed by atoms with Crippen LogP contribution in [0.15, 0.2) is 40.0 Å². The number of rotatable bonds is 3. The number of hydrogen-bond donors (Lipinski definition) is 0. The van der Waals surface area contributed by atoms with Crippen molar-refractivity contribution in [1.82, 2.24) is 0 Å². The van der Waals surface area contributed by atoms with E-state index in [0.717, 1.165) is 58.2 Å². The number of ketones is 3. The first-order chi connectivity index (χ1) is 15.7. The van der Waals surface area contributed by atoms with Crippen LogP contribution in [0, 0.1) is 23.2 Å². The molecule has 0 aliphatic heterocycles. The van der Waals surface area contributed by atoms with Gasteiger partial charge in [0.2, 0.25) is 0 Å². The van der Waals surface area contributed by atoms with Crippen molar-refractivity contribution >= 4 is 23.4 Å². The average molecular weight is 459 g/mol. The maximum Gasteiger partial charge on any atom is 0.190 e. The summed E-state index contributed by atoms with van der Waals surface area (Å²) in [5, 5.41) is 0. The van der Waals surface area contributed by atoms with Crippen LogP contribution in [0.5, 0.6) is 0 Å². The van der Waals surface area contributed by atoms with E-state index in [2.05, 4.69) is 39.8 Å². The first kappa shape index (κ1) is 24.6. The predicted molar refractivity (Wildman–Crippen MR) is 138 cm³/mol. The molecule has 0 saturated carbocycles. The number of fused-ring (bicyclic) bond motifs is 3. The summed E-state index contributed by atoms with van der Waals surface area (Å²) < 4.78 is 0. The van der Waals surface area contributed by atoms with Crippen molar-refractivity contribution in [3.8, 4) is 0 Å². The lowest BCUT2D eigenvalue weighted by Gasteiger charge is -2.59. The number of hydrogen-bond acceptors (Lipinski definition) is 3. The molecule has 3 unspecified atom stereocenters. The molecule has 0 aromatic heterocycles. The Hall–Kier alpha value is -2.55. The highest BCUT2D eigenvalue weighted by molar-refractivity contribution is 6.24. The van der Waals surface area contributed by atoms with Crippen LogP contribution in [0.3, 0.4) is 0 Å². The van der Waals surface area contributed by atoms with Crippen molar-refractivity contribution in [2.24, 2.45) is 16.2 Å². The van der Waals surface area contributed by atoms with Crippen LogP contribution in [-0.2, 0) is 16.0 Å². The summed E-state index contributed by atoms with van der Waals surface area (Å²) in [5.74, 6) is -0.213. The van der Waals surface area contributed by atoms with E-state index >= 15 is 0 Å². The van der Waals surface area contributed by atoms with E-state index in [-0.39, 0.29) is 28.2 Å². The number of carbonyl (C=O) groups excluding carboxylic acids is 3. The summed E-state index contributed by atoms with van der Waals surface area (Å²) in [6, 6.07) is 4.20. The quantitative estimate of drug-likeness (QED) is 0.451. The fourth-order valence-electron chi connectivity index (χ4n) is 7.44. The zero-order chi connectivity index (χ0) is 25.4. The lowest BCUT2D eigenvalue weighted by atomic mass is 9.42. The monoisotopic (exact) mass is 458 g/mol. The van der Waals surface area contributed by atoms with E-state index in [1.807, 2.05) is 33.8 Å². The van der Waals surface area contributed by atoms with Gasteiger partial charge in [-0.1, -0.05) is 55.7 Å².